The Balaban J connectivity index is 1.80. The molecule has 0 radical (unpaired) electrons. The van der Waals surface area contributed by atoms with E-state index in [1.807, 2.05) is 60.1 Å². The van der Waals surface area contributed by atoms with E-state index in [2.05, 4.69) is 0 Å². The minimum Gasteiger partial charge on any atom is -0.481 e. The van der Waals surface area contributed by atoms with Crippen LogP contribution >= 0.6 is 0 Å². The first kappa shape index (κ1) is 20.3. The molecular formula is C25H21FN2O3. The van der Waals surface area contributed by atoms with E-state index in [4.69, 9.17) is 14.9 Å². The number of aliphatic carboxylic acids is 1. The zero-order valence-corrected chi connectivity index (χ0v) is 17.0. The average molecular weight is 416 g/mol. The molecule has 0 amide bonds. The van der Waals surface area contributed by atoms with Crippen LogP contribution in [0.5, 0.6) is 5.75 Å². The van der Waals surface area contributed by atoms with Crippen molar-refractivity contribution in [2.45, 2.75) is 13.5 Å². The van der Waals surface area contributed by atoms with E-state index in [0.717, 1.165) is 22.4 Å². The maximum atomic E-state index is 13.5. The van der Waals surface area contributed by atoms with Gasteiger partial charge in [0.2, 0.25) is 0 Å². The molecule has 156 valence electrons. The molecular weight excluding hydrogens is 395 g/mol. The molecule has 0 atom stereocenters. The molecule has 0 bridgehead atoms. The van der Waals surface area contributed by atoms with Crippen LogP contribution in [0.3, 0.4) is 0 Å². The average Bonchev–Trinajstić information content (AvgIpc) is 3.17. The monoisotopic (exact) mass is 416 g/mol. The highest BCUT2D eigenvalue weighted by atomic mass is 19.1. The highest BCUT2D eigenvalue weighted by Crippen LogP contribution is 2.33. The summed E-state index contributed by atoms with van der Waals surface area (Å²) in [6.45, 7) is 2.01. The maximum absolute atomic E-state index is 13.5. The number of carbonyl (C=O) groups is 1. The van der Waals surface area contributed by atoms with Gasteiger partial charge in [-0.1, -0.05) is 36.4 Å². The van der Waals surface area contributed by atoms with Crippen molar-refractivity contribution in [1.82, 2.24) is 9.78 Å². The summed E-state index contributed by atoms with van der Waals surface area (Å²) in [4.78, 5) is 11.0. The Hall–Kier alpha value is -3.93. The fourth-order valence-electron chi connectivity index (χ4n) is 3.38. The van der Waals surface area contributed by atoms with Crippen LogP contribution in [0, 0.1) is 12.7 Å². The van der Waals surface area contributed by atoms with Crippen molar-refractivity contribution in [2.75, 3.05) is 6.61 Å². The Morgan fingerprint density at radius 2 is 1.77 bits per heavy atom. The fourth-order valence-corrected chi connectivity index (χ4v) is 3.38. The number of carboxylic acids is 1. The summed E-state index contributed by atoms with van der Waals surface area (Å²) in [6, 6.07) is 23.7. The number of aromatic nitrogens is 2. The van der Waals surface area contributed by atoms with E-state index in [1.54, 1.807) is 18.2 Å². The van der Waals surface area contributed by atoms with E-state index in [1.165, 1.54) is 12.1 Å². The van der Waals surface area contributed by atoms with Crippen molar-refractivity contribution in [3.05, 3.63) is 95.8 Å². The molecule has 0 aliphatic rings. The number of nitrogens with zero attached hydrogens (tertiary/aromatic N) is 2. The summed E-state index contributed by atoms with van der Waals surface area (Å²) < 4.78 is 20.9. The summed E-state index contributed by atoms with van der Waals surface area (Å²) >= 11 is 0. The van der Waals surface area contributed by atoms with Gasteiger partial charge in [0.05, 0.1) is 17.9 Å². The molecule has 6 heteroatoms. The summed E-state index contributed by atoms with van der Waals surface area (Å²) in [5.74, 6) is -0.896. The summed E-state index contributed by atoms with van der Waals surface area (Å²) in [7, 11) is 0. The van der Waals surface area contributed by atoms with Gasteiger partial charge in [-0.15, -0.1) is 0 Å². The van der Waals surface area contributed by atoms with Gasteiger partial charge in [0.15, 0.2) is 6.61 Å². The maximum Gasteiger partial charge on any atom is 0.341 e. The molecule has 0 spiro atoms. The molecule has 0 unspecified atom stereocenters. The van der Waals surface area contributed by atoms with Crippen molar-refractivity contribution >= 4 is 5.97 Å². The highest BCUT2D eigenvalue weighted by Gasteiger charge is 2.16. The minimum atomic E-state index is -1.05. The molecule has 0 aliphatic carbocycles. The predicted molar refractivity (Wildman–Crippen MR) is 116 cm³/mol. The molecule has 0 saturated heterocycles. The van der Waals surface area contributed by atoms with Crippen molar-refractivity contribution in [3.63, 3.8) is 0 Å². The van der Waals surface area contributed by atoms with Crippen LogP contribution in [0.2, 0.25) is 0 Å². The Morgan fingerprint density at radius 1 is 1.03 bits per heavy atom. The quantitative estimate of drug-likeness (QED) is 0.451. The zero-order chi connectivity index (χ0) is 21.8. The lowest BCUT2D eigenvalue weighted by atomic mass is 10.1. The smallest absolute Gasteiger partial charge is 0.341 e. The topological polar surface area (TPSA) is 64.4 Å². The van der Waals surface area contributed by atoms with E-state index in [0.29, 0.717) is 23.6 Å². The largest absolute Gasteiger partial charge is 0.481 e. The Kier molecular flexibility index (Phi) is 5.80. The van der Waals surface area contributed by atoms with E-state index >= 15 is 0 Å². The first-order valence-electron chi connectivity index (χ1n) is 9.83. The molecule has 0 aliphatic heterocycles. The molecule has 1 N–H and O–H groups in total. The van der Waals surface area contributed by atoms with Crippen LogP contribution in [-0.4, -0.2) is 27.5 Å². The van der Waals surface area contributed by atoms with Crippen LogP contribution in [-0.2, 0) is 11.3 Å². The third-order valence-electron chi connectivity index (χ3n) is 4.86. The molecule has 0 saturated carbocycles. The van der Waals surface area contributed by atoms with Gasteiger partial charge in [-0.2, -0.15) is 5.10 Å². The van der Waals surface area contributed by atoms with Gasteiger partial charge in [0.1, 0.15) is 11.6 Å². The zero-order valence-electron chi connectivity index (χ0n) is 17.0. The van der Waals surface area contributed by atoms with E-state index in [9.17, 15) is 9.18 Å². The number of carboxylic acid groups (broad SMARTS) is 1. The van der Waals surface area contributed by atoms with Crippen molar-refractivity contribution in [1.29, 1.82) is 0 Å². The van der Waals surface area contributed by atoms with Crippen LogP contribution in [0.1, 0.15) is 11.1 Å². The van der Waals surface area contributed by atoms with Crippen molar-refractivity contribution < 1.29 is 19.0 Å². The van der Waals surface area contributed by atoms with Gasteiger partial charge in [-0.05, 0) is 60.5 Å². The summed E-state index contributed by atoms with van der Waals surface area (Å²) in [6.07, 6.45) is 0. The Labute approximate surface area is 179 Å². The second-order valence-corrected chi connectivity index (χ2v) is 7.25. The van der Waals surface area contributed by atoms with Gasteiger partial charge in [0, 0.05) is 11.1 Å². The van der Waals surface area contributed by atoms with Crippen LogP contribution < -0.4 is 4.74 Å². The molecule has 0 fully saturated rings. The van der Waals surface area contributed by atoms with Crippen LogP contribution in [0.15, 0.2) is 78.9 Å². The molecule has 5 nitrogen and oxygen atoms in total. The van der Waals surface area contributed by atoms with Crippen LogP contribution in [0.4, 0.5) is 4.39 Å². The van der Waals surface area contributed by atoms with Gasteiger partial charge in [-0.3, -0.25) is 4.68 Å². The van der Waals surface area contributed by atoms with Gasteiger partial charge < -0.3 is 9.84 Å². The van der Waals surface area contributed by atoms with Gasteiger partial charge in [0.25, 0.3) is 0 Å². The second-order valence-electron chi connectivity index (χ2n) is 7.25. The molecule has 4 aromatic rings. The molecule has 31 heavy (non-hydrogen) atoms. The highest BCUT2D eigenvalue weighted by molar-refractivity contribution is 5.74. The molecule has 3 aromatic carbocycles. The van der Waals surface area contributed by atoms with Crippen LogP contribution in [0.25, 0.3) is 22.5 Å². The van der Waals surface area contributed by atoms with E-state index in [-0.39, 0.29) is 5.82 Å². The second kappa shape index (κ2) is 8.83. The standard InChI is InChI=1S/C25H21FN2O3/c1-17-7-12-21(24(13-17)31-16-25(29)30)22-14-23(19-8-10-20(26)11-9-19)28(27-22)15-18-5-3-2-4-6-18/h2-14H,15-16H2,1H3,(H,29,30). The summed E-state index contributed by atoms with van der Waals surface area (Å²) in [5.41, 5.74) is 5.02. The molecule has 1 heterocycles. The van der Waals surface area contributed by atoms with E-state index < -0.39 is 12.6 Å². The van der Waals surface area contributed by atoms with Crippen molar-refractivity contribution in [3.8, 4) is 28.3 Å². The normalized spacial score (nSPS) is 10.8. The number of hydrogen-bond acceptors (Lipinski definition) is 3. The first-order valence-corrected chi connectivity index (χ1v) is 9.83. The minimum absolute atomic E-state index is 0.305. The Morgan fingerprint density at radius 3 is 2.48 bits per heavy atom. The molecule has 1 aromatic heterocycles. The lowest BCUT2D eigenvalue weighted by molar-refractivity contribution is -0.139. The first-order chi connectivity index (χ1) is 15.0. The number of hydrogen-bond donors (Lipinski definition) is 1. The summed E-state index contributed by atoms with van der Waals surface area (Å²) in [5, 5.41) is 13.8. The lowest BCUT2D eigenvalue weighted by Crippen LogP contribution is -2.10. The number of ether oxygens (including phenoxy) is 1. The van der Waals surface area contributed by atoms with Gasteiger partial charge in [-0.25, -0.2) is 9.18 Å². The third kappa shape index (κ3) is 4.80. The number of aryl methyl sites for hydroxylation is 1. The number of benzene rings is 3. The van der Waals surface area contributed by atoms with Gasteiger partial charge >= 0.3 is 5.97 Å². The predicted octanol–water partition coefficient (Wildman–Crippen LogP) is 5.18. The molecule has 4 rings (SSSR count). The fraction of sp³-hybridized carbons (Fsp3) is 0.120. The van der Waals surface area contributed by atoms with Crippen molar-refractivity contribution in [2.24, 2.45) is 0 Å². The Bertz CT molecular complexity index is 1200. The third-order valence-corrected chi connectivity index (χ3v) is 4.86. The number of halogens is 1. The lowest BCUT2D eigenvalue weighted by Gasteiger charge is -2.09. The number of rotatable bonds is 7. The SMILES string of the molecule is Cc1ccc(-c2cc(-c3ccc(F)cc3)n(Cc3ccccc3)n2)c(OCC(=O)O)c1.